The number of ether oxygens (including phenoxy) is 1. The SMILES string of the molecule is COc1ccc(NC(=O)CN2C(=O)S/C(=C\c3ccc(Cl)c([N+](=O)[O-])c3)C2=O)cc1Cl. The number of hydrogen-bond donors (Lipinski definition) is 1. The number of rotatable bonds is 6. The van der Waals surface area contributed by atoms with Crippen molar-refractivity contribution in [1.29, 1.82) is 0 Å². The summed E-state index contributed by atoms with van der Waals surface area (Å²) in [5.74, 6) is -0.861. The summed E-state index contributed by atoms with van der Waals surface area (Å²) in [7, 11) is 1.45. The van der Waals surface area contributed by atoms with Gasteiger partial charge in [-0.1, -0.05) is 29.3 Å². The van der Waals surface area contributed by atoms with Gasteiger partial charge in [-0.2, -0.15) is 0 Å². The van der Waals surface area contributed by atoms with Crippen LogP contribution >= 0.6 is 35.0 Å². The lowest BCUT2D eigenvalue weighted by Gasteiger charge is -2.13. The Kier molecular flexibility index (Phi) is 6.84. The molecule has 12 heteroatoms. The molecular weight excluding hydrogens is 469 g/mol. The number of nitrogens with one attached hydrogen (secondary N) is 1. The van der Waals surface area contributed by atoms with Crippen LogP contribution in [0.1, 0.15) is 5.56 Å². The van der Waals surface area contributed by atoms with E-state index in [1.54, 1.807) is 12.1 Å². The zero-order valence-electron chi connectivity index (χ0n) is 15.8. The van der Waals surface area contributed by atoms with E-state index in [4.69, 9.17) is 27.9 Å². The van der Waals surface area contributed by atoms with Gasteiger partial charge in [-0.15, -0.1) is 0 Å². The van der Waals surface area contributed by atoms with Gasteiger partial charge in [-0.3, -0.25) is 29.4 Å². The summed E-state index contributed by atoms with van der Waals surface area (Å²) in [6, 6.07) is 8.58. The minimum Gasteiger partial charge on any atom is -0.495 e. The van der Waals surface area contributed by atoms with Crippen LogP contribution in [0.4, 0.5) is 16.2 Å². The van der Waals surface area contributed by atoms with E-state index in [1.165, 1.54) is 37.5 Å². The van der Waals surface area contributed by atoms with E-state index in [2.05, 4.69) is 5.32 Å². The maximum atomic E-state index is 12.6. The fourth-order valence-electron chi connectivity index (χ4n) is 2.64. The van der Waals surface area contributed by atoms with Crippen molar-refractivity contribution < 1.29 is 24.0 Å². The van der Waals surface area contributed by atoms with E-state index < -0.39 is 28.5 Å². The second-order valence-corrected chi connectivity index (χ2v) is 7.94. The Balaban J connectivity index is 1.72. The summed E-state index contributed by atoms with van der Waals surface area (Å²) in [4.78, 5) is 48.3. The Bertz CT molecular complexity index is 1140. The molecule has 9 nitrogen and oxygen atoms in total. The largest absolute Gasteiger partial charge is 0.495 e. The van der Waals surface area contributed by atoms with Crippen LogP contribution in [0.2, 0.25) is 10.0 Å². The molecule has 1 heterocycles. The molecule has 2 aromatic carbocycles. The molecule has 1 aliphatic heterocycles. The third-order valence-corrected chi connectivity index (χ3v) is 5.60. The Hall–Kier alpha value is -3.08. The van der Waals surface area contributed by atoms with Gasteiger partial charge in [0.05, 0.1) is 22.0 Å². The summed E-state index contributed by atoms with van der Waals surface area (Å²) in [5.41, 5.74) is 0.359. The molecule has 0 unspecified atom stereocenters. The Morgan fingerprint density at radius 1 is 1.23 bits per heavy atom. The van der Waals surface area contributed by atoms with Gasteiger partial charge in [0.2, 0.25) is 5.91 Å². The Labute approximate surface area is 190 Å². The van der Waals surface area contributed by atoms with Crippen LogP contribution < -0.4 is 10.1 Å². The third kappa shape index (κ3) is 5.16. The van der Waals surface area contributed by atoms with Crippen LogP contribution in [0.3, 0.4) is 0 Å². The fourth-order valence-corrected chi connectivity index (χ4v) is 3.92. The van der Waals surface area contributed by atoms with Crippen molar-refractivity contribution in [3.8, 4) is 5.75 Å². The van der Waals surface area contributed by atoms with Crippen molar-refractivity contribution in [3.63, 3.8) is 0 Å². The lowest BCUT2D eigenvalue weighted by molar-refractivity contribution is -0.384. The summed E-state index contributed by atoms with van der Waals surface area (Å²) in [6.07, 6.45) is 1.33. The smallest absolute Gasteiger partial charge is 0.294 e. The highest BCUT2D eigenvalue weighted by Gasteiger charge is 2.36. The first-order valence-electron chi connectivity index (χ1n) is 8.52. The molecule has 3 amide bonds. The molecule has 0 saturated carbocycles. The Morgan fingerprint density at radius 3 is 2.61 bits per heavy atom. The topological polar surface area (TPSA) is 119 Å². The van der Waals surface area contributed by atoms with Gasteiger partial charge in [-0.05, 0) is 47.7 Å². The molecule has 0 spiro atoms. The van der Waals surface area contributed by atoms with Crippen LogP contribution in [-0.4, -0.2) is 40.5 Å². The van der Waals surface area contributed by atoms with Crippen molar-refractivity contribution in [2.45, 2.75) is 0 Å². The van der Waals surface area contributed by atoms with Crippen molar-refractivity contribution in [2.75, 3.05) is 19.0 Å². The van der Waals surface area contributed by atoms with Crippen LogP contribution in [0, 0.1) is 10.1 Å². The average molecular weight is 482 g/mol. The second kappa shape index (κ2) is 9.38. The molecule has 0 atom stereocenters. The quantitative estimate of drug-likeness (QED) is 0.364. The minimum atomic E-state index is -0.685. The van der Waals surface area contributed by atoms with Gasteiger partial charge in [0.15, 0.2) is 0 Å². The molecule has 1 saturated heterocycles. The maximum absolute atomic E-state index is 12.6. The van der Waals surface area contributed by atoms with Gasteiger partial charge in [0.1, 0.15) is 17.3 Å². The summed E-state index contributed by atoms with van der Waals surface area (Å²) >= 11 is 12.4. The number of carbonyl (C=O) groups is 3. The number of hydrogen-bond acceptors (Lipinski definition) is 7. The zero-order valence-corrected chi connectivity index (χ0v) is 18.1. The van der Waals surface area contributed by atoms with Crippen molar-refractivity contribution >= 4 is 69.5 Å². The summed E-state index contributed by atoms with van der Waals surface area (Å²) < 4.78 is 5.03. The molecule has 1 aliphatic rings. The molecule has 1 fully saturated rings. The number of halogens is 2. The van der Waals surface area contributed by atoms with E-state index in [0.717, 1.165) is 4.90 Å². The highest BCUT2D eigenvalue weighted by Crippen LogP contribution is 2.34. The minimum absolute atomic E-state index is 0.0295. The average Bonchev–Trinajstić information content (AvgIpc) is 2.96. The van der Waals surface area contributed by atoms with E-state index in [0.29, 0.717) is 28.8 Å². The van der Waals surface area contributed by atoms with E-state index in [-0.39, 0.29) is 20.6 Å². The lowest BCUT2D eigenvalue weighted by atomic mass is 10.2. The number of benzene rings is 2. The van der Waals surface area contributed by atoms with Crippen molar-refractivity contribution in [3.05, 3.63) is 67.0 Å². The zero-order chi connectivity index (χ0) is 22.7. The number of methoxy groups -OCH3 is 1. The van der Waals surface area contributed by atoms with Crippen LogP contribution in [0.15, 0.2) is 41.3 Å². The predicted molar refractivity (Wildman–Crippen MR) is 117 cm³/mol. The molecule has 0 aliphatic carbocycles. The number of imide groups is 1. The lowest BCUT2D eigenvalue weighted by Crippen LogP contribution is -2.36. The Morgan fingerprint density at radius 2 is 1.97 bits per heavy atom. The molecule has 31 heavy (non-hydrogen) atoms. The summed E-state index contributed by atoms with van der Waals surface area (Å²) in [6.45, 7) is -0.508. The maximum Gasteiger partial charge on any atom is 0.294 e. The summed E-state index contributed by atoms with van der Waals surface area (Å²) in [5, 5.41) is 13.2. The van der Waals surface area contributed by atoms with Crippen LogP contribution in [-0.2, 0) is 9.59 Å². The molecule has 2 aromatic rings. The second-order valence-electron chi connectivity index (χ2n) is 6.13. The fraction of sp³-hybridized carbons (Fsp3) is 0.105. The van der Waals surface area contributed by atoms with Gasteiger partial charge in [-0.25, -0.2) is 0 Å². The number of nitro groups is 1. The van der Waals surface area contributed by atoms with E-state index in [9.17, 15) is 24.5 Å². The van der Waals surface area contributed by atoms with Gasteiger partial charge in [0, 0.05) is 11.8 Å². The first kappa shape index (κ1) is 22.6. The molecule has 1 N–H and O–H groups in total. The molecule has 160 valence electrons. The van der Waals surface area contributed by atoms with E-state index in [1.807, 2.05) is 0 Å². The number of carbonyl (C=O) groups excluding carboxylic acids is 3. The third-order valence-electron chi connectivity index (χ3n) is 4.08. The highest BCUT2D eigenvalue weighted by molar-refractivity contribution is 8.18. The number of nitrogens with zero attached hydrogens (tertiary/aromatic N) is 2. The number of anilines is 1. The number of thioether (sulfide) groups is 1. The van der Waals surface area contributed by atoms with Gasteiger partial charge in [0.25, 0.3) is 16.8 Å². The number of nitro benzene ring substituents is 1. The first-order valence-corrected chi connectivity index (χ1v) is 10.1. The van der Waals surface area contributed by atoms with Gasteiger partial charge >= 0.3 is 0 Å². The monoisotopic (exact) mass is 481 g/mol. The van der Waals surface area contributed by atoms with Crippen molar-refractivity contribution in [1.82, 2.24) is 4.90 Å². The first-order chi connectivity index (χ1) is 14.7. The van der Waals surface area contributed by atoms with Crippen LogP contribution in [0.5, 0.6) is 5.75 Å². The molecule has 3 rings (SSSR count). The molecular formula is C19H13Cl2N3O6S. The molecule has 0 aromatic heterocycles. The standard InChI is InChI=1S/C19H13Cl2N3O6S/c1-30-15-5-3-11(8-13(15)21)22-17(25)9-23-18(26)16(31-19(23)27)7-10-2-4-12(20)14(6-10)24(28)29/h2-8H,9H2,1H3,(H,22,25)/b16-7-. The molecule has 0 radical (unpaired) electrons. The highest BCUT2D eigenvalue weighted by atomic mass is 35.5. The molecule has 0 bridgehead atoms. The van der Waals surface area contributed by atoms with Crippen molar-refractivity contribution in [2.24, 2.45) is 0 Å². The van der Waals surface area contributed by atoms with Crippen LogP contribution in [0.25, 0.3) is 6.08 Å². The number of amides is 3. The predicted octanol–water partition coefficient (Wildman–Crippen LogP) is 4.59. The van der Waals surface area contributed by atoms with E-state index >= 15 is 0 Å². The van der Waals surface area contributed by atoms with Gasteiger partial charge < -0.3 is 10.1 Å². The normalized spacial score (nSPS) is 14.8.